The summed E-state index contributed by atoms with van der Waals surface area (Å²) >= 11 is 0. The number of nitrogens with one attached hydrogen (secondary N) is 2. The molecule has 5 rings (SSSR count). The van der Waals surface area contributed by atoms with Gasteiger partial charge in [0.1, 0.15) is 0 Å². The SMILES string of the molecule is O=C(C[n+]1cc(=O)o[nH]1)N1CCc2c([nH]c3ccccc23)[C@@H]1C1CCCCC1. The Labute approximate surface area is 162 Å². The summed E-state index contributed by atoms with van der Waals surface area (Å²) < 4.78 is 6.12. The number of aromatic amines is 2. The summed E-state index contributed by atoms with van der Waals surface area (Å²) in [6.07, 6.45) is 8.17. The highest BCUT2D eigenvalue weighted by molar-refractivity contribution is 5.86. The van der Waals surface area contributed by atoms with Gasteiger partial charge in [0.2, 0.25) is 0 Å². The van der Waals surface area contributed by atoms with E-state index in [0.717, 1.165) is 24.8 Å². The van der Waals surface area contributed by atoms with Crippen molar-refractivity contribution in [1.29, 1.82) is 0 Å². The van der Waals surface area contributed by atoms with E-state index in [0.29, 0.717) is 12.5 Å². The zero-order valence-electron chi connectivity index (χ0n) is 15.8. The smallest absolute Gasteiger partial charge is 0.356 e. The topological polar surface area (TPSA) is 86.0 Å². The van der Waals surface area contributed by atoms with Crippen LogP contribution in [0.3, 0.4) is 0 Å². The maximum Gasteiger partial charge on any atom is 0.426 e. The van der Waals surface area contributed by atoms with Gasteiger partial charge in [-0.1, -0.05) is 42.1 Å². The van der Waals surface area contributed by atoms with Gasteiger partial charge < -0.3 is 9.88 Å². The van der Waals surface area contributed by atoms with Crippen LogP contribution in [0, 0.1) is 5.92 Å². The van der Waals surface area contributed by atoms with Crippen LogP contribution in [-0.2, 0) is 17.8 Å². The van der Waals surface area contributed by atoms with Crippen LogP contribution in [0.25, 0.3) is 10.9 Å². The Kier molecular flexibility index (Phi) is 4.30. The highest BCUT2D eigenvalue weighted by Crippen LogP contribution is 2.43. The van der Waals surface area contributed by atoms with Gasteiger partial charge in [-0.25, -0.2) is 4.79 Å². The Morgan fingerprint density at radius 1 is 1.21 bits per heavy atom. The second kappa shape index (κ2) is 6.96. The van der Waals surface area contributed by atoms with Gasteiger partial charge in [0.25, 0.3) is 18.6 Å². The van der Waals surface area contributed by atoms with Crippen LogP contribution in [-0.4, -0.2) is 27.6 Å². The summed E-state index contributed by atoms with van der Waals surface area (Å²) in [5.74, 6) is 0.486. The van der Waals surface area contributed by atoms with E-state index in [9.17, 15) is 9.59 Å². The molecule has 2 aromatic heterocycles. The van der Waals surface area contributed by atoms with Gasteiger partial charge in [0, 0.05) is 23.1 Å². The highest BCUT2D eigenvalue weighted by Gasteiger charge is 2.39. The van der Waals surface area contributed by atoms with E-state index in [4.69, 9.17) is 4.52 Å². The van der Waals surface area contributed by atoms with Crippen LogP contribution in [0.15, 0.2) is 39.8 Å². The number of benzene rings is 1. The Hall–Kier alpha value is -2.83. The molecule has 1 aromatic carbocycles. The molecule has 3 aromatic rings. The van der Waals surface area contributed by atoms with Crippen molar-refractivity contribution in [2.24, 2.45) is 5.92 Å². The minimum Gasteiger partial charge on any atom is -0.356 e. The molecule has 0 radical (unpaired) electrons. The number of hydrogen-bond acceptors (Lipinski definition) is 3. The second-order valence-corrected chi connectivity index (χ2v) is 8.01. The molecule has 2 N–H and O–H groups in total. The standard InChI is InChI=1S/C21H24N4O3/c26-18(12-24-13-19(27)28-23-24)25-11-10-16-15-8-4-5-9-17(15)22-20(16)21(25)14-6-2-1-3-7-14/h4-5,8-9,13-14,21-22H,1-3,6-7,10-12H2/p+1/t21-/m0/s1. The number of aromatic nitrogens is 3. The monoisotopic (exact) mass is 381 g/mol. The molecule has 1 atom stereocenters. The minimum atomic E-state index is -0.479. The molecule has 0 unspecified atom stereocenters. The van der Waals surface area contributed by atoms with Crippen molar-refractivity contribution in [3.05, 3.63) is 52.1 Å². The van der Waals surface area contributed by atoms with E-state index in [1.807, 2.05) is 4.90 Å². The molecule has 0 saturated heterocycles. The molecule has 7 nitrogen and oxygen atoms in total. The molecule has 3 heterocycles. The van der Waals surface area contributed by atoms with Crippen molar-refractivity contribution in [3.63, 3.8) is 0 Å². The largest absolute Gasteiger partial charge is 0.426 e. The van der Waals surface area contributed by atoms with E-state index in [1.165, 1.54) is 46.8 Å². The average molecular weight is 381 g/mol. The molecule has 0 bridgehead atoms. The molecular weight excluding hydrogens is 356 g/mol. The third-order valence-corrected chi connectivity index (χ3v) is 6.33. The van der Waals surface area contributed by atoms with Crippen LogP contribution in [0.1, 0.15) is 49.4 Å². The first-order valence-electron chi connectivity index (χ1n) is 10.2. The number of amides is 1. The first-order valence-corrected chi connectivity index (χ1v) is 10.2. The number of hydrogen-bond donors (Lipinski definition) is 2. The summed E-state index contributed by atoms with van der Waals surface area (Å²) in [5.41, 5.74) is 3.24. The lowest BCUT2D eigenvalue weighted by atomic mass is 9.79. The van der Waals surface area contributed by atoms with E-state index in [-0.39, 0.29) is 18.5 Å². The predicted molar refractivity (Wildman–Crippen MR) is 103 cm³/mol. The number of nitrogens with zero attached hydrogens (tertiary/aromatic N) is 2. The van der Waals surface area contributed by atoms with Gasteiger partial charge in [0.05, 0.1) is 6.04 Å². The molecule has 1 amide bonds. The highest BCUT2D eigenvalue weighted by atomic mass is 16.5. The summed E-state index contributed by atoms with van der Waals surface area (Å²) in [6.45, 7) is 0.794. The van der Waals surface area contributed by atoms with Crippen molar-refractivity contribution < 1.29 is 14.0 Å². The number of carbonyl (C=O) groups is 1. The third kappa shape index (κ3) is 2.95. The molecule has 7 heteroatoms. The molecular formula is C21H25N4O3+. The van der Waals surface area contributed by atoms with E-state index >= 15 is 0 Å². The molecule has 28 heavy (non-hydrogen) atoms. The molecule has 2 aliphatic rings. The number of rotatable bonds is 3. The van der Waals surface area contributed by atoms with Gasteiger partial charge in [-0.3, -0.25) is 9.32 Å². The fourth-order valence-corrected chi connectivity index (χ4v) is 5.09. The second-order valence-electron chi connectivity index (χ2n) is 8.01. The Balaban J connectivity index is 1.52. The summed E-state index contributed by atoms with van der Waals surface area (Å²) in [6, 6.07) is 8.49. The summed E-state index contributed by atoms with van der Waals surface area (Å²) in [7, 11) is 0. The van der Waals surface area contributed by atoms with Gasteiger partial charge in [-0.15, -0.1) is 0 Å². The maximum absolute atomic E-state index is 13.2. The van der Waals surface area contributed by atoms with Crippen molar-refractivity contribution in [2.75, 3.05) is 6.54 Å². The average Bonchev–Trinajstić information content (AvgIpc) is 3.30. The quantitative estimate of drug-likeness (QED) is 0.683. The molecule has 1 fully saturated rings. The zero-order chi connectivity index (χ0) is 19.1. The number of carbonyl (C=O) groups excluding carboxylic acids is 1. The first kappa shape index (κ1) is 17.3. The lowest BCUT2D eigenvalue weighted by Gasteiger charge is -2.41. The van der Waals surface area contributed by atoms with E-state index < -0.39 is 5.63 Å². The van der Waals surface area contributed by atoms with Crippen molar-refractivity contribution >= 4 is 16.8 Å². The van der Waals surface area contributed by atoms with E-state index in [2.05, 4.69) is 34.5 Å². The van der Waals surface area contributed by atoms with Crippen LogP contribution < -0.4 is 10.3 Å². The van der Waals surface area contributed by atoms with Crippen molar-refractivity contribution in [1.82, 2.24) is 15.2 Å². The van der Waals surface area contributed by atoms with Crippen molar-refractivity contribution in [2.45, 2.75) is 51.1 Å². The number of fused-ring (bicyclic) bond motifs is 3. The van der Waals surface area contributed by atoms with Crippen LogP contribution in [0.5, 0.6) is 0 Å². The molecule has 0 spiro atoms. The third-order valence-electron chi connectivity index (χ3n) is 6.33. The van der Waals surface area contributed by atoms with Gasteiger partial charge in [-0.2, -0.15) is 0 Å². The Bertz CT molecular complexity index is 1060. The Morgan fingerprint density at radius 3 is 2.82 bits per heavy atom. The first-order chi connectivity index (χ1) is 13.7. The summed E-state index contributed by atoms with van der Waals surface area (Å²) in [4.78, 5) is 30.1. The molecule has 1 aliphatic carbocycles. The maximum atomic E-state index is 13.2. The van der Waals surface area contributed by atoms with Gasteiger partial charge in [0.15, 0.2) is 0 Å². The number of para-hydroxylation sites is 1. The molecule has 1 saturated carbocycles. The van der Waals surface area contributed by atoms with Crippen LogP contribution >= 0.6 is 0 Å². The minimum absolute atomic E-state index is 0.0157. The van der Waals surface area contributed by atoms with Crippen molar-refractivity contribution in [3.8, 4) is 0 Å². The zero-order valence-corrected chi connectivity index (χ0v) is 15.8. The molecule has 146 valence electrons. The number of H-pyrrole nitrogens is 2. The van der Waals surface area contributed by atoms with Crippen LogP contribution in [0.4, 0.5) is 0 Å². The lowest BCUT2D eigenvalue weighted by molar-refractivity contribution is -0.751. The fourth-order valence-electron chi connectivity index (χ4n) is 5.09. The van der Waals surface area contributed by atoms with E-state index in [1.54, 1.807) is 0 Å². The molecule has 1 aliphatic heterocycles. The Morgan fingerprint density at radius 2 is 2.04 bits per heavy atom. The predicted octanol–water partition coefficient (Wildman–Crippen LogP) is 2.44. The normalized spacial score (nSPS) is 20.4. The van der Waals surface area contributed by atoms with Gasteiger partial charge in [-0.05, 0) is 42.1 Å². The summed E-state index contributed by atoms with van der Waals surface area (Å²) in [5, 5.41) is 3.76. The lowest BCUT2D eigenvalue weighted by Crippen LogP contribution is -2.50. The van der Waals surface area contributed by atoms with Gasteiger partial charge >= 0.3 is 5.63 Å². The van der Waals surface area contributed by atoms with Crippen LogP contribution in [0.2, 0.25) is 0 Å². The fraction of sp³-hybridized carbons (Fsp3) is 0.476.